The minimum absolute atomic E-state index is 0.404. The molecule has 16 heavy (non-hydrogen) atoms. The monoisotopic (exact) mass is 223 g/mol. The fraction of sp³-hybridized carbons (Fsp3) is 0.417. The molecule has 1 aromatic rings. The zero-order valence-corrected chi connectivity index (χ0v) is 8.84. The van der Waals surface area contributed by atoms with Gasteiger partial charge >= 0.3 is 0 Å². The van der Waals surface area contributed by atoms with Crippen LogP contribution in [0.25, 0.3) is 0 Å². The quantitative estimate of drug-likeness (QED) is 0.560. The largest absolute Gasteiger partial charge is 0.253 e. The van der Waals surface area contributed by atoms with Gasteiger partial charge in [0.25, 0.3) is 5.92 Å². The van der Waals surface area contributed by atoms with E-state index in [1.54, 1.807) is 12.1 Å². The minimum Gasteiger partial charge on any atom is -0.211 e. The van der Waals surface area contributed by atoms with Crippen molar-refractivity contribution in [2.24, 2.45) is 4.99 Å². The van der Waals surface area contributed by atoms with Crippen LogP contribution in [0.3, 0.4) is 0 Å². The normalized spacial score (nSPS) is 20.7. The Morgan fingerprint density at radius 3 is 2.25 bits per heavy atom. The lowest BCUT2D eigenvalue weighted by Gasteiger charge is -2.43. The summed E-state index contributed by atoms with van der Waals surface area (Å²) in [6, 6.07) is 7.14. The van der Waals surface area contributed by atoms with Crippen molar-refractivity contribution >= 4 is 6.08 Å². The maximum Gasteiger partial charge on any atom is 0.253 e. The van der Waals surface area contributed by atoms with Crippen molar-refractivity contribution < 1.29 is 13.6 Å². The highest BCUT2D eigenvalue weighted by atomic mass is 19.3. The summed E-state index contributed by atoms with van der Waals surface area (Å²) in [5.41, 5.74) is 0.645. The van der Waals surface area contributed by atoms with Crippen molar-refractivity contribution in [1.82, 2.24) is 0 Å². The van der Waals surface area contributed by atoms with Crippen LogP contribution in [-0.4, -0.2) is 12.0 Å². The molecule has 0 saturated heterocycles. The van der Waals surface area contributed by atoms with Crippen LogP contribution in [0.5, 0.6) is 0 Å². The van der Waals surface area contributed by atoms with Gasteiger partial charge in [-0.05, 0) is 12.5 Å². The molecule has 0 aliphatic heterocycles. The first-order valence-electron chi connectivity index (χ1n) is 5.01. The average molecular weight is 223 g/mol. The van der Waals surface area contributed by atoms with Crippen LogP contribution in [-0.2, 0) is 10.3 Å². The average Bonchev–Trinajstić information content (AvgIpc) is 2.16. The predicted octanol–water partition coefficient (Wildman–Crippen LogP) is 2.96. The summed E-state index contributed by atoms with van der Waals surface area (Å²) >= 11 is 0. The van der Waals surface area contributed by atoms with Crippen LogP contribution >= 0.6 is 0 Å². The van der Waals surface area contributed by atoms with Gasteiger partial charge in [-0.2, -0.15) is 4.99 Å². The molecule has 0 spiro atoms. The van der Waals surface area contributed by atoms with Gasteiger partial charge < -0.3 is 0 Å². The summed E-state index contributed by atoms with van der Waals surface area (Å²) in [5, 5.41) is 0. The summed E-state index contributed by atoms with van der Waals surface area (Å²) in [6.07, 6.45) is 0.594. The lowest BCUT2D eigenvalue weighted by molar-refractivity contribution is -0.124. The summed E-state index contributed by atoms with van der Waals surface area (Å²) in [6.45, 7) is 1.91. The molecule has 0 unspecified atom stereocenters. The standard InChI is InChI=1S/C12H11F2NO/c1-9-2-4-10(5-3-9)11(15-8-16)6-12(13,14)7-11/h2-5H,6-7H2,1H3. The second kappa shape index (κ2) is 3.49. The molecular formula is C12H11F2NO. The number of hydrogen-bond acceptors (Lipinski definition) is 2. The fourth-order valence-corrected chi connectivity index (χ4v) is 2.10. The molecule has 0 atom stereocenters. The van der Waals surface area contributed by atoms with E-state index in [9.17, 15) is 13.6 Å². The first-order chi connectivity index (χ1) is 7.47. The van der Waals surface area contributed by atoms with E-state index < -0.39 is 24.3 Å². The maximum atomic E-state index is 12.9. The van der Waals surface area contributed by atoms with Crippen LogP contribution in [0.4, 0.5) is 8.78 Å². The number of aliphatic imine (C=N–C) groups is 1. The zero-order chi connectivity index (χ0) is 11.8. The van der Waals surface area contributed by atoms with Gasteiger partial charge in [-0.15, -0.1) is 0 Å². The van der Waals surface area contributed by atoms with Crippen molar-refractivity contribution in [3.05, 3.63) is 35.4 Å². The molecule has 0 heterocycles. The van der Waals surface area contributed by atoms with E-state index in [0.717, 1.165) is 5.56 Å². The van der Waals surface area contributed by atoms with Gasteiger partial charge in [-0.1, -0.05) is 29.8 Å². The first kappa shape index (κ1) is 11.0. The Balaban J connectivity index is 2.35. The zero-order valence-electron chi connectivity index (χ0n) is 8.84. The highest BCUT2D eigenvalue weighted by Crippen LogP contribution is 2.54. The third kappa shape index (κ3) is 1.76. The molecule has 0 amide bonds. The second-order valence-corrected chi connectivity index (χ2v) is 4.31. The number of alkyl halides is 2. The third-order valence-corrected chi connectivity index (χ3v) is 2.95. The molecule has 0 radical (unpaired) electrons. The Bertz CT molecular complexity index is 439. The molecular weight excluding hydrogens is 212 g/mol. The van der Waals surface area contributed by atoms with E-state index in [1.807, 2.05) is 19.1 Å². The number of aryl methyl sites for hydroxylation is 1. The molecule has 1 aliphatic carbocycles. The van der Waals surface area contributed by atoms with Gasteiger partial charge in [0.2, 0.25) is 6.08 Å². The number of carbonyl (C=O) groups excluding carboxylic acids is 1. The topological polar surface area (TPSA) is 29.4 Å². The van der Waals surface area contributed by atoms with Gasteiger partial charge in [0.1, 0.15) is 5.54 Å². The molecule has 0 N–H and O–H groups in total. The minimum atomic E-state index is -2.72. The van der Waals surface area contributed by atoms with Gasteiger partial charge in [0.15, 0.2) is 0 Å². The molecule has 1 aliphatic rings. The van der Waals surface area contributed by atoms with Crippen molar-refractivity contribution in [1.29, 1.82) is 0 Å². The summed E-state index contributed by atoms with van der Waals surface area (Å²) in [5.74, 6) is -2.72. The molecule has 1 aromatic carbocycles. The van der Waals surface area contributed by atoms with E-state index in [4.69, 9.17) is 0 Å². The number of nitrogens with zero attached hydrogens (tertiary/aromatic N) is 1. The predicted molar refractivity (Wildman–Crippen MR) is 55.2 cm³/mol. The molecule has 1 fully saturated rings. The number of hydrogen-bond donors (Lipinski definition) is 0. The number of benzene rings is 1. The highest BCUT2D eigenvalue weighted by Gasteiger charge is 2.58. The maximum absolute atomic E-state index is 12.9. The molecule has 2 nitrogen and oxygen atoms in total. The SMILES string of the molecule is Cc1ccc(C2(N=C=O)CC(F)(F)C2)cc1. The Morgan fingerprint density at radius 2 is 1.81 bits per heavy atom. The lowest BCUT2D eigenvalue weighted by Crippen LogP contribution is -2.48. The summed E-state index contributed by atoms with van der Waals surface area (Å²) < 4.78 is 25.9. The molecule has 0 aromatic heterocycles. The molecule has 0 bridgehead atoms. The van der Waals surface area contributed by atoms with E-state index >= 15 is 0 Å². The van der Waals surface area contributed by atoms with E-state index in [1.165, 1.54) is 6.08 Å². The van der Waals surface area contributed by atoms with Crippen LogP contribution in [0.2, 0.25) is 0 Å². The van der Waals surface area contributed by atoms with Crippen molar-refractivity contribution in [3.8, 4) is 0 Å². The number of isocyanates is 1. The highest BCUT2D eigenvalue weighted by molar-refractivity contribution is 5.41. The Kier molecular flexibility index (Phi) is 2.39. The van der Waals surface area contributed by atoms with Gasteiger partial charge in [-0.25, -0.2) is 13.6 Å². The second-order valence-electron chi connectivity index (χ2n) is 4.31. The lowest BCUT2D eigenvalue weighted by atomic mass is 9.69. The van der Waals surface area contributed by atoms with Gasteiger partial charge in [-0.3, -0.25) is 0 Å². The Hall–Kier alpha value is -1.54. The third-order valence-electron chi connectivity index (χ3n) is 2.95. The van der Waals surface area contributed by atoms with Crippen molar-refractivity contribution in [3.63, 3.8) is 0 Å². The van der Waals surface area contributed by atoms with Crippen LogP contribution in [0.1, 0.15) is 24.0 Å². The number of rotatable bonds is 2. The molecule has 1 saturated carbocycles. The van der Waals surface area contributed by atoms with E-state index in [0.29, 0.717) is 5.56 Å². The summed E-state index contributed by atoms with van der Waals surface area (Å²) in [4.78, 5) is 13.9. The van der Waals surface area contributed by atoms with E-state index in [-0.39, 0.29) is 0 Å². The molecule has 4 heteroatoms. The fourth-order valence-electron chi connectivity index (χ4n) is 2.10. The van der Waals surface area contributed by atoms with Crippen molar-refractivity contribution in [2.75, 3.05) is 0 Å². The van der Waals surface area contributed by atoms with Crippen LogP contribution < -0.4 is 0 Å². The van der Waals surface area contributed by atoms with E-state index in [2.05, 4.69) is 4.99 Å². The Morgan fingerprint density at radius 1 is 1.25 bits per heavy atom. The van der Waals surface area contributed by atoms with Gasteiger partial charge in [0.05, 0.1) is 0 Å². The smallest absolute Gasteiger partial charge is 0.211 e. The molecule has 84 valence electrons. The first-order valence-corrected chi connectivity index (χ1v) is 5.01. The van der Waals surface area contributed by atoms with Crippen molar-refractivity contribution in [2.45, 2.75) is 31.2 Å². The van der Waals surface area contributed by atoms with Crippen LogP contribution in [0, 0.1) is 6.92 Å². The Labute approximate surface area is 92.0 Å². The molecule has 2 rings (SSSR count). The number of halogens is 2. The van der Waals surface area contributed by atoms with Gasteiger partial charge in [0, 0.05) is 12.8 Å². The van der Waals surface area contributed by atoms with Crippen LogP contribution in [0.15, 0.2) is 29.3 Å². The summed E-state index contributed by atoms with van der Waals surface area (Å²) in [7, 11) is 0.